The monoisotopic (exact) mass is 183 g/mol. The zero-order chi connectivity index (χ0) is 10.1. The Morgan fingerprint density at radius 1 is 1.15 bits per heavy atom. The van der Waals surface area contributed by atoms with Gasteiger partial charge in [-0.2, -0.15) is 0 Å². The highest BCUT2D eigenvalue weighted by atomic mass is 16.7. The lowest BCUT2D eigenvalue weighted by atomic mass is 9.90. The van der Waals surface area contributed by atoms with E-state index < -0.39 is 0 Å². The number of rotatable bonds is 2. The molecule has 0 amide bonds. The highest BCUT2D eigenvalue weighted by molar-refractivity contribution is 6.51. The lowest BCUT2D eigenvalue weighted by Gasteiger charge is -2.32. The number of nitrogens with two attached hydrogens (primary N) is 1. The highest BCUT2D eigenvalue weighted by Gasteiger charge is 2.49. The van der Waals surface area contributed by atoms with Gasteiger partial charge in [0.05, 0.1) is 11.2 Å². The van der Waals surface area contributed by atoms with Crippen LogP contribution < -0.4 is 5.73 Å². The van der Waals surface area contributed by atoms with Crippen molar-refractivity contribution in [3.8, 4) is 0 Å². The minimum atomic E-state index is -0.256. The Balaban J connectivity index is 2.65. The molecule has 2 N–H and O–H groups in total. The van der Waals surface area contributed by atoms with E-state index in [1.165, 1.54) is 0 Å². The molecule has 0 spiro atoms. The SMILES string of the molecule is CC1(C)OB(/C=C/CN)OC1(C)C. The molecule has 1 saturated heterocycles. The first kappa shape index (κ1) is 10.8. The second-order valence-corrected chi connectivity index (χ2v) is 4.29. The van der Waals surface area contributed by atoms with Crippen molar-refractivity contribution < 1.29 is 9.31 Å². The zero-order valence-corrected chi connectivity index (χ0v) is 8.83. The molecule has 0 bridgehead atoms. The number of hydrogen-bond acceptors (Lipinski definition) is 3. The molecule has 0 saturated carbocycles. The standard InChI is InChI=1S/C9H18BNO2/c1-8(2)9(3,4)13-10(12-8)6-5-7-11/h5-6H,7,11H2,1-4H3/b6-5+. The molecule has 1 fully saturated rings. The van der Waals surface area contributed by atoms with Crippen LogP contribution in [0.3, 0.4) is 0 Å². The van der Waals surface area contributed by atoms with Crippen LogP contribution in [0, 0.1) is 0 Å². The average Bonchev–Trinajstić information content (AvgIpc) is 2.17. The van der Waals surface area contributed by atoms with Gasteiger partial charge >= 0.3 is 7.12 Å². The van der Waals surface area contributed by atoms with E-state index in [2.05, 4.69) is 0 Å². The van der Waals surface area contributed by atoms with Crippen molar-refractivity contribution in [1.82, 2.24) is 0 Å². The van der Waals surface area contributed by atoms with Crippen molar-refractivity contribution in [3.05, 3.63) is 12.1 Å². The molecular formula is C9H18BNO2. The zero-order valence-electron chi connectivity index (χ0n) is 8.83. The molecule has 3 nitrogen and oxygen atoms in total. The minimum absolute atomic E-state index is 0.253. The summed E-state index contributed by atoms with van der Waals surface area (Å²) in [6.45, 7) is 8.64. The van der Waals surface area contributed by atoms with Gasteiger partial charge in [0, 0.05) is 6.54 Å². The van der Waals surface area contributed by atoms with E-state index in [1.807, 2.05) is 39.7 Å². The van der Waals surface area contributed by atoms with Gasteiger partial charge in [-0.05, 0) is 27.7 Å². The maximum Gasteiger partial charge on any atom is 0.486 e. The number of hydrogen-bond donors (Lipinski definition) is 1. The normalized spacial score (nSPS) is 25.8. The van der Waals surface area contributed by atoms with E-state index in [0.717, 1.165) is 0 Å². The summed E-state index contributed by atoms with van der Waals surface area (Å²) < 4.78 is 11.4. The Kier molecular flexibility index (Phi) is 2.85. The van der Waals surface area contributed by atoms with Crippen LogP contribution in [-0.2, 0) is 9.31 Å². The van der Waals surface area contributed by atoms with Gasteiger partial charge in [-0.15, -0.1) is 0 Å². The molecule has 0 aliphatic carbocycles. The Morgan fingerprint density at radius 2 is 1.62 bits per heavy atom. The van der Waals surface area contributed by atoms with Gasteiger partial charge in [-0.3, -0.25) is 0 Å². The van der Waals surface area contributed by atoms with E-state index in [9.17, 15) is 0 Å². The van der Waals surface area contributed by atoms with Crippen LogP contribution in [0.4, 0.5) is 0 Å². The van der Waals surface area contributed by atoms with Gasteiger partial charge < -0.3 is 15.0 Å². The van der Waals surface area contributed by atoms with Gasteiger partial charge in [-0.1, -0.05) is 12.1 Å². The molecule has 1 heterocycles. The maximum atomic E-state index is 5.70. The van der Waals surface area contributed by atoms with Crippen molar-refractivity contribution in [1.29, 1.82) is 0 Å². The minimum Gasteiger partial charge on any atom is -0.400 e. The van der Waals surface area contributed by atoms with Gasteiger partial charge in [0.15, 0.2) is 0 Å². The average molecular weight is 183 g/mol. The topological polar surface area (TPSA) is 44.5 Å². The van der Waals surface area contributed by atoms with Gasteiger partial charge in [0.25, 0.3) is 0 Å². The van der Waals surface area contributed by atoms with Gasteiger partial charge in [0.1, 0.15) is 0 Å². The molecule has 4 heteroatoms. The molecule has 0 radical (unpaired) electrons. The van der Waals surface area contributed by atoms with Crippen molar-refractivity contribution in [3.63, 3.8) is 0 Å². The summed E-state index contributed by atoms with van der Waals surface area (Å²) >= 11 is 0. The lowest BCUT2D eigenvalue weighted by molar-refractivity contribution is 0.00578. The summed E-state index contributed by atoms with van der Waals surface area (Å²) in [5.41, 5.74) is 4.84. The predicted molar refractivity (Wildman–Crippen MR) is 54.3 cm³/mol. The molecule has 1 aliphatic heterocycles. The largest absolute Gasteiger partial charge is 0.486 e. The molecule has 1 aliphatic rings. The van der Waals surface area contributed by atoms with Crippen LogP contribution in [0.5, 0.6) is 0 Å². The first-order valence-corrected chi connectivity index (χ1v) is 4.61. The first-order valence-electron chi connectivity index (χ1n) is 4.61. The second-order valence-electron chi connectivity index (χ2n) is 4.29. The molecule has 74 valence electrons. The Labute approximate surface area is 80.4 Å². The summed E-state index contributed by atoms with van der Waals surface area (Å²) in [6.07, 6.45) is 1.85. The summed E-state index contributed by atoms with van der Waals surface area (Å²) in [5, 5.41) is 0. The fourth-order valence-electron chi connectivity index (χ4n) is 1.16. The Morgan fingerprint density at radius 3 is 2.00 bits per heavy atom. The summed E-state index contributed by atoms with van der Waals surface area (Å²) in [5.74, 6) is 1.86. The summed E-state index contributed by atoms with van der Waals surface area (Å²) in [6, 6.07) is 0. The molecule has 0 aromatic rings. The fraction of sp³-hybridized carbons (Fsp3) is 0.778. The smallest absolute Gasteiger partial charge is 0.400 e. The molecule has 0 atom stereocenters. The van der Waals surface area contributed by atoms with Gasteiger partial charge in [-0.25, -0.2) is 0 Å². The first-order chi connectivity index (χ1) is 5.89. The van der Waals surface area contributed by atoms with Gasteiger partial charge in [0.2, 0.25) is 0 Å². The maximum absolute atomic E-state index is 5.70. The third-order valence-corrected chi connectivity index (χ3v) is 2.70. The molecular weight excluding hydrogens is 165 g/mol. The second kappa shape index (κ2) is 3.44. The summed E-state index contributed by atoms with van der Waals surface area (Å²) in [4.78, 5) is 0. The Hall–Kier alpha value is -0.315. The van der Waals surface area contributed by atoms with Crippen LogP contribution in [0.2, 0.25) is 0 Å². The lowest BCUT2D eigenvalue weighted by Crippen LogP contribution is -2.41. The molecule has 0 aromatic carbocycles. The van der Waals surface area contributed by atoms with Crippen LogP contribution >= 0.6 is 0 Å². The third kappa shape index (κ3) is 2.13. The molecule has 1 rings (SSSR count). The van der Waals surface area contributed by atoms with Crippen molar-refractivity contribution in [2.45, 2.75) is 38.9 Å². The molecule has 13 heavy (non-hydrogen) atoms. The fourth-order valence-corrected chi connectivity index (χ4v) is 1.16. The van der Waals surface area contributed by atoms with E-state index in [1.54, 1.807) is 0 Å². The third-order valence-electron chi connectivity index (χ3n) is 2.70. The highest BCUT2D eigenvalue weighted by Crippen LogP contribution is 2.36. The molecule has 0 unspecified atom stereocenters. The van der Waals surface area contributed by atoms with E-state index in [0.29, 0.717) is 6.54 Å². The predicted octanol–water partition coefficient (Wildman–Crippen LogP) is 1.13. The quantitative estimate of drug-likeness (QED) is 0.652. The Bertz CT molecular complexity index is 198. The molecule has 0 aromatic heterocycles. The van der Waals surface area contributed by atoms with E-state index in [4.69, 9.17) is 15.0 Å². The van der Waals surface area contributed by atoms with E-state index >= 15 is 0 Å². The van der Waals surface area contributed by atoms with Crippen LogP contribution in [0.25, 0.3) is 0 Å². The summed E-state index contributed by atoms with van der Waals surface area (Å²) in [7, 11) is -0.256. The van der Waals surface area contributed by atoms with Crippen molar-refractivity contribution in [2.75, 3.05) is 6.54 Å². The van der Waals surface area contributed by atoms with Crippen LogP contribution in [-0.4, -0.2) is 24.9 Å². The van der Waals surface area contributed by atoms with Crippen LogP contribution in [0.15, 0.2) is 12.1 Å². The van der Waals surface area contributed by atoms with Crippen LogP contribution in [0.1, 0.15) is 27.7 Å². The van der Waals surface area contributed by atoms with Crippen molar-refractivity contribution in [2.24, 2.45) is 5.73 Å². The van der Waals surface area contributed by atoms with Crippen molar-refractivity contribution >= 4 is 7.12 Å². The van der Waals surface area contributed by atoms with E-state index in [-0.39, 0.29) is 18.3 Å².